The van der Waals surface area contributed by atoms with Gasteiger partial charge in [0.25, 0.3) is 0 Å². The number of para-hydroxylation sites is 1. The van der Waals surface area contributed by atoms with Gasteiger partial charge in [-0.25, -0.2) is 14.3 Å². The number of benzene rings is 2. The third-order valence-electron chi connectivity index (χ3n) is 3.93. The first-order chi connectivity index (χ1) is 11.6. The van der Waals surface area contributed by atoms with Crippen LogP contribution in [-0.4, -0.2) is 20.4 Å². The van der Waals surface area contributed by atoms with Gasteiger partial charge < -0.3 is 0 Å². The van der Waals surface area contributed by atoms with Crippen LogP contribution in [0.25, 0.3) is 0 Å². The van der Waals surface area contributed by atoms with E-state index in [2.05, 4.69) is 4.98 Å². The molecule has 0 atom stereocenters. The molecule has 0 spiro atoms. The van der Waals surface area contributed by atoms with Gasteiger partial charge in [-0.3, -0.25) is 4.90 Å². The number of carbonyl (C=O) groups excluding carboxylic acids is 1. The van der Waals surface area contributed by atoms with E-state index in [0.717, 1.165) is 11.3 Å². The highest BCUT2D eigenvalue weighted by atomic mass is 35.5. The van der Waals surface area contributed by atoms with Gasteiger partial charge in [-0.15, -0.1) is 0 Å². The minimum atomic E-state index is -0.439. The molecule has 0 fully saturated rings. The maximum absolute atomic E-state index is 12.8. The van der Waals surface area contributed by atoms with Crippen molar-refractivity contribution >= 4 is 23.3 Å². The van der Waals surface area contributed by atoms with Gasteiger partial charge in [0.2, 0.25) is 0 Å². The molecule has 3 aromatic rings. The molecular formula is C17H13ClN4O2. The quantitative estimate of drug-likeness (QED) is 0.736. The molecule has 0 saturated carbocycles. The van der Waals surface area contributed by atoms with Crippen LogP contribution in [0.4, 0.5) is 10.5 Å². The second-order valence-electron chi connectivity index (χ2n) is 5.51. The molecule has 0 N–H and O–H groups in total. The highest BCUT2D eigenvalue weighted by molar-refractivity contribution is 6.30. The molecule has 4 rings (SSSR count). The second kappa shape index (κ2) is 5.65. The summed E-state index contributed by atoms with van der Waals surface area (Å²) in [5.74, 6) is 0.441. The average molecular weight is 341 g/mol. The number of halogens is 1. The van der Waals surface area contributed by atoms with Gasteiger partial charge in [-0.1, -0.05) is 41.9 Å². The lowest BCUT2D eigenvalue weighted by molar-refractivity contribution is 0.244. The summed E-state index contributed by atoms with van der Waals surface area (Å²) >= 11 is 5.99. The summed E-state index contributed by atoms with van der Waals surface area (Å²) in [6.45, 7) is 0.515. The molecule has 1 aliphatic rings. The van der Waals surface area contributed by atoms with E-state index in [-0.39, 0.29) is 19.1 Å². The largest absolute Gasteiger partial charge is 0.364 e. The molecule has 0 aliphatic carbocycles. The first kappa shape index (κ1) is 14.7. The van der Waals surface area contributed by atoms with Crippen LogP contribution in [0.3, 0.4) is 0 Å². The summed E-state index contributed by atoms with van der Waals surface area (Å²) in [7, 11) is 0. The highest BCUT2D eigenvalue weighted by Gasteiger charge is 2.33. The Morgan fingerprint density at radius 3 is 2.58 bits per heavy atom. The van der Waals surface area contributed by atoms with Crippen molar-refractivity contribution in [3.8, 4) is 0 Å². The summed E-state index contributed by atoms with van der Waals surface area (Å²) in [5, 5.41) is 0.582. The van der Waals surface area contributed by atoms with E-state index in [9.17, 15) is 9.59 Å². The fourth-order valence-electron chi connectivity index (χ4n) is 2.84. The fraction of sp³-hybridized carbons (Fsp3) is 0.118. The SMILES string of the molecule is O=C1N(c2ccccc2)Cc2nc(=O)n(Cc3cccc(Cl)c3)n21. The smallest absolute Gasteiger partial charge is 0.285 e. The summed E-state index contributed by atoms with van der Waals surface area (Å²) in [6.07, 6.45) is 0. The maximum Gasteiger partial charge on any atom is 0.364 e. The van der Waals surface area contributed by atoms with Crippen molar-refractivity contribution in [3.63, 3.8) is 0 Å². The van der Waals surface area contributed by atoms with Crippen LogP contribution >= 0.6 is 11.6 Å². The van der Waals surface area contributed by atoms with Gasteiger partial charge in [0.05, 0.1) is 13.1 Å². The molecule has 7 heteroatoms. The van der Waals surface area contributed by atoms with Crippen LogP contribution in [0.1, 0.15) is 11.4 Å². The Balaban J connectivity index is 1.71. The average Bonchev–Trinajstić information content (AvgIpc) is 3.05. The van der Waals surface area contributed by atoms with Gasteiger partial charge in [-0.05, 0) is 29.8 Å². The standard InChI is InChI=1S/C17H13ClN4O2/c18-13-6-4-5-12(9-13)10-21-16(23)19-15-11-20(17(24)22(15)21)14-7-2-1-3-8-14/h1-9H,10-11H2. The van der Waals surface area contributed by atoms with Gasteiger partial charge >= 0.3 is 11.7 Å². The lowest BCUT2D eigenvalue weighted by atomic mass is 10.2. The Hall–Kier alpha value is -2.86. The number of amides is 1. The number of anilines is 1. The molecule has 6 nitrogen and oxygen atoms in total. The van der Waals surface area contributed by atoms with E-state index < -0.39 is 5.69 Å². The van der Waals surface area contributed by atoms with Gasteiger partial charge in [0.15, 0.2) is 5.82 Å². The maximum atomic E-state index is 12.8. The first-order valence-electron chi connectivity index (χ1n) is 7.43. The van der Waals surface area contributed by atoms with E-state index >= 15 is 0 Å². The minimum absolute atomic E-state index is 0.237. The molecule has 2 aromatic carbocycles. The second-order valence-corrected chi connectivity index (χ2v) is 5.95. The zero-order chi connectivity index (χ0) is 16.7. The monoisotopic (exact) mass is 340 g/mol. The summed E-state index contributed by atoms with van der Waals surface area (Å²) in [6, 6.07) is 16.2. The van der Waals surface area contributed by atoms with Crippen molar-refractivity contribution in [2.45, 2.75) is 13.1 Å². The summed E-state index contributed by atoms with van der Waals surface area (Å²) in [4.78, 5) is 30.5. The number of hydrogen-bond donors (Lipinski definition) is 0. The van der Waals surface area contributed by atoms with Crippen LogP contribution in [0.5, 0.6) is 0 Å². The lowest BCUT2D eigenvalue weighted by Crippen LogP contribution is -2.34. The molecule has 24 heavy (non-hydrogen) atoms. The van der Waals surface area contributed by atoms with Crippen molar-refractivity contribution in [2.24, 2.45) is 0 Å². The van der Waals surface area contributed by atoms with Crippen molar-refractivity contribution < 1.29 is 4.79 Å². The van der Waals surface area contributed by atoms with Crippen LogP contribution in [0, 0.1) is 0 Å². The number of aromatic nitrogens is 3. The minimum Gasteiger partial charge on any atom is -0.285 e. The Kier molecular flexibility index (Phi) is 3.46. The lowest BCUT2D eigenvalue weighted by Gasteiger charge is -2.15. The number of rotatable bonds is 3. The predicted octanol–water partition coefficient (Wildman–Crippen LogP) is 2.73. The predicted molar refractivity (Wildman–Crippen MR) is 90.5 cm³/mol. The molecule has 1 aliphatic heterocycles. The molecule has 0 radical (unpaired) electrons. The van der Waals surface area contributed by atoms with Crippen molar-refractivity contribution in [1.82, 2.24) is 14.3 Å². The van der Waals surface area contributed by atoms with E-state index in [1.165, 1.54) is 9.36 Å². The molecule has 0 unspecified atom stereocenters. The van der Waals surface area contributed by atoms with Crippen molar-refractivity contribution in [1.29, 1.82) is 0 Å². The molecule has 1 amide bonds. The topological polar surface area (TPSA) is 60.1 Å². The molecular weight excluding hydrogens is 328 g/mol. The number of nitrogens with zero attached hydrogens (tertiary/aromatic N) is 4. The Morgan fingerprint density at radius 1 is 1.04 bits per heavy atom. The number of carbonyl (C=O) groups is 1. The summed E-state index contributed by atoms with van der Waals surface area (Å²) < 4.78 is 2.68. The molecule has 2 heterocycles. The van der Waals surface area contributed by atoms with Crippen LogP contribution in [0.2, 0.25) is 5.02 Å². The Morgan fingerprint density at radius 2 is 1.83 bits per heavy atom. The molecule has 120 valence electrons. The Labute approximate surface area is 142 Å². The van der Waals surface area contributed by atoms with Gasteiger partial charge in [-0.2, -0.15) is 9.67 Å². The van der Waals surface area contributed by atoms with Gasteiger partial charge in [0.1, 0.15) is 0 Å². The van der Waals surface area contributed by atoms with Crippen LogP contribution in [0.15, 0.2) is 59.4 Å². The zero-order valence-electron chi connectivity index (χ0n) is 12.6. The fourth-order valence-corrected chi connectivity index (χ4v) is 3.05. The third kappa shape index (κ3) is 2.41. The first-order valence-corrected chi connectivity index (χ1v) is 7.81. The molecule has 1 aromatic heterocycles. The number of fused-ring (bicyclic) bond motifs is 1. The van der Waals surface area contributed by atoms with E-state index in [4.69, 9.17) is 11.6 Å². The van der Waals surface area contributed by atoms with Crippen LogP contribution in [-0.2, 0) is 13.1 Å². The normalized spacial score (nSPS) is 13.4. The number of hydrogen-bond acceptors (Lipinski definition) is 3. The molecule has 0 saturated heterocycles. The van der Waals surface area contributed by atoms with Crippen molar-refractivity contribution in [2.75, 3.05) is 4.90 Å². The third-order valence-corrected chi connectivity index (χ3v) is 4.17. The molecule has 0 bridgehead atoms. The summed E-state index contributed by atoms with van der Waals surface area (Å²) in [5.41, 5.74) is 1.17. The van der Waals surface area contributed by atoms with E-state index in [1.807, 2.05) is 42.5 Å². The Bertz CT molecular complexity index is 978. The van der Waals surface area contributed by atoms with E-state index in [0.29, 0.717) is 10.8 Å². The van der Waals surface area contributed by atoms with Crippen molar-refractivity contribution in [3.05, 3.63) is 81.5 Å². The van der Waals surface area contributed by atoms with E-state index in [1.54, 1.807) is 17.0 Å². The van der Waals surface area contributed by atoms with Gasteiger partial charge in [0, 0.05) is 10.7 Å². The zero-order valence-corrected chi connectivity index (χ0v) is 13.3. The highest BCUT2D eigenvalue weighted by Crippen LogP contribution is 2.22. The van der Waals surface area contributed by atoms with Crippen LogP contribution < -0.4 is 10.6 Å².